The second-order valence-electron chi connectivity index (χ2n) is 5.50. The molecule has 1 atom stereocenters. The van der Waals surface area contributed by atoms with Gasteiger partial charge in [0, 0.05) is 12.8 Å². The molecule has 0 radical (unpaired) electrons. The van der Waals surface area contributed by atoms with Gasteiger partial charge in [-0.25, -0.2) is 13.6 Å². The van der Waals surface area contributed by atoms with Crippen LogP contribution in [0.5, 0.6) is 0 Å². The summed E-state index contributed by atoms with van der Waals surface area (Å²) in [5, 5.41) is 11.2. The molecule has 1 unspecified atom stereocenters. The molecule has 126 valence electrons. The van der Waals surface area contributed by atoms with E-state index in [1.807, 2.05) is 0 Å². The zero-order valence-electron chi connectivity index (χ0n) is 11.8. The van der Waals surface area contributed by atoms with Crippen molar-refractivity contribution in [3.8, 4) is 0 Å². The molecular formula is C14H13F4NO4. The third kappa shape index (κ3) is 2.63. The van der Waals surface area contributed by atoms with Crippen LogP contribution in [0.4, 0.5) is 17.6 Å². The van der Waals surface area contributed by atoms with Gasteiger partial charge in [-0.05, 0) is 12.8 Å². The van der Waals surface area contributed by atoms with E-state index in [0.29, 0.717) is 25.7 Å². The summed E-state index contributed by atoms with van der Waals surface area (Å²) in [4.78, 5) is 12.1. The van der Waals surface area contributed by atoms with Crippen LogP contribution in [0.25, 0.3) is 0 Å². The van der Waals surface area contributed by atoms with E-state index in [-0.39, 0.29) is 0 Å². The van der Waals surface area contributed by atoms with Crippen LogP contribution in [0.3, 0.4) is 0 Å². The molecule has 1 saturated carbocycles. The first-order chi connectivity index (χ1) is 10.8. The number of ether oxygens (including phenoxy) is 2. The Morgan fingerprint density at radius 3 is 2.13 bits per heavy atom. The minimum Gasteiger partial charge on any atom is -0.429 e. The molecular weight excluding hydrogens is 322 g/mol. The van der Waals surface area contributed by atoms with Crippen molar-refractivity contribution in [2.45, 2.75) is 44.2 Å². The highest BCUT2D eigenvalue weighted by molar-refractivity contribution is 5.93. The molecule has 5 nitrogen and oxygen atoms in total. The highest BCUT2D eigenvalue weighted by atomic mass is 19.2. The number of aliphatic hydroxyl groups is 1. The Balaban J connectivity index is 2.03. The van der Waals surface area contributed by atoms with Gasteiger partial charge in [-0.2, -0.15) is 8.78 Å². The Morgan fingerprint density at radius 2 is 1.61 bits per heavy atom. The van der Waals surface area contributed by atoms with Gasteiger partial charge in [0.25, 0.3) is 0 Å². The predicted molar refractivity (Wildman–Crippen MR) is 67.6 cm³/mol. The second kappa shape index (κ2) is 5.64. The molecule has 1 saturated heterocycles. The van der Waals surface area contributed by atoms with Gasteiger partial charge in [-0.15, -0.1) is 0 Å². The van der Waals surface area contributed by atoms with E-state index in [0.717, 1.165) is 6.42 Å². The van der Waals surface area contributed by atoms with Crippen LogP contribution in [0, 0.1) is 0 Å². The Kier molecular flexibility index (Phi) is 3.93. The highest BCUT2D eigenvalue weighted by Gasteiger charge is 2.48. The van der Waals surface area contributed by atoms with Crippen molar-refractivity contribution in [3.63, 3.8) is 0 Å². The SMILES string of the molecule is O=C1OC2(CCCCC2)OC(O)C1=C1C(F)=C(F)NC(F)=C1F. The number of allylic oxidation sites excluding steroid dienone is 3. The first-order valence-electron chi connectivity index (χ1n) is 7.06. The Morgan fingerprint density at radius 1 is 1.04 bits per heavy atom. The fourth-order valence-electron chi connectivity index (χ4n) is 2.91. The first-order valence-corrected chi connectivity index (χ1v) is 7.06. The molecule has 0 aromatic rings. The Labute approximate surface area is 128 Å². The number of aliphatic hydroxyl groups excluding tert-OH is 1. The summed E-state index contributed by atoms with van der Waals surface area (Å²) in [5.74, 6) is -9.97. The van der Waals surface area contributed by atoms with Crippen LogP contribution in [-0.2, 0) is 14.3 Å². The van der Waals surface area contributed by atoms with Gasteiger partial charge in [0.1, 0.15) is 5.57 Å². The van der Waals surface area contributed by atoms with Crippen LogP contribution in [0.1, 0.15) is 32.1 Å². The lowest BCUT2D eigenvalue weighted by Crippen LogP contribution is -2.50. The van der Waals surface area contributed by atoms with Crippen LogP contribution >= 0.6 is 0 Å². The molecule has 2 fully saturated rings. The van der Waals surface area contributed by atoms with Gasteiger partial charge < -0.3 is 19.9 Å². The van der Waals surface area contributed by atoms with Gasteiger partial charge in [-0.3, -0.25) is 0 Å². The first kappa shape index (κ1) is 16.0. The molecule has 2 N–H and O–H groups in total. The van der Waals surface area contributed by atoms with E-state index in [4.69, 9.17) is 9.47 Å². The lowest BCUT2D eigenvalue weighted by atomic mass is 9.92. The van der Waals surface area contributed by atoms with Crippen LogP contribution < -0.4 is 5.32 Å². The molecule has 3 aliphatic rings. The Hall–Kier alpha value is -1.87. The third-order valence-electron chi connectivity index (χ3n) is 4.00. The normalized spacial score (nSPS) is 28.2. The topological polar surface area (TPSA) is 67.8 Å². The number of dihydropyridines is 1. The molecule has 3 rings (SSSR count). The van der Waals surface area contributed by atoms with Crippen molar-refractivity contribution in [1.82, 2.24) is 5.32 Å². The molecule has 1 spiro atoms. The van der Waals surface area contributed by atoms with Crippen molar-refractivity contribution >= 4 is 5.97 Å². The smallest absolute Gasteiger partial charge is 0.342 e. The molecule has 9 heteroatoms. The van der Waals surface area contributed by atoms with Gasteiger partial charge in [0.05, 0.1) is 5.57 Å². The van der Waals surface area contributed by atoms with E-state index in [2.05, 4.69) is 0 Å². The average molecular weight is 335 g/mol. The fraction of sp³-hybridized carbons (Fsp3) is 0.500. The van der Waals surface area contributed by atoms with Crippen LogP contribution in [-0.4, -0.2) is 23.2 Å². The summed E-state index contributed by atoms with van der Waals surface area (Å²) in [6.07, 6.45) is 0.838. The van der Waals surface area contributed by atoms with E-state index >= 15 is 0 Å². The van der Waals surface area contributed by atoms with Crippen LogP contribution in [0.15, 0.2) is 34.7 Å². The second-order valence-corrected chi connectivity index (χ2v) is 5.50. The number of esters is 1. The minimum absolute atomic E-state index is 0.319. The molecule has 1 aliphatic carbocycles. The van der Waals surface area contributed by atoms with Gasteiger partial charge >= 0.3 is 5.97 Å². The number of halogens is 4. The number of carbonyl (C=O) groups excluding carboxylic acids is 1. The fourth-order valence-corrected chi connectivity index (χ4v) is 2.91. The molecule has 2 heterocycles. The summed E-state index contributed by atoms with van der Waals surface area (Å²) >= 11 is 0. The summed E-state index contributed by atoms with van der Waals surface area (Å²) in [5.41, 5.74) is -2.36. The third-order valence-corrected chi connectivity index (χ3v) is 4.00. The maximum absolute atomic E-state index is 13.8. The van der Waals surface area contributed by atoms with E-state index in [1.54, 1.807) is 0 Å². The van der Waals surface area contributed by atoms with Crippen molar-refractivity contribution in [3.05, 3.63) is 34.7 Å². The number of hydrogen-bond acceptors (Lipinski definition) is 5. The van der Waals surface area contributed by atoms with Crippen molar-refractivity contribution in [2.75, 3.05) is 0 Å². The monoisotopic (exact) mass is 335 g/mol. The summed E-state index contributed by atoms with van der Waals surface area (Å²) in [6, 6.07) is 0. The molecule has 2 aliphatic heterocycles. The summed E-state index contributed by atoms with van der Waals surface area (Å²) in [6.45, 7) is 0. The van der Waals surface area contributed by atoms with Gasteiger partial charge in [-0.1, -0.05) is 6.42 Å². The molecule has 0 aromatic heterocycles. The van der Waals surface area contributed by atoms with Crippen LogP contribution in [0.2, 0.25) is 0 Å². The van der Waals surface area contributed by atoms with E-state index in [9.17, 15) is 27.5 Å². The zero-order valence-corrected chi connectivity index (χ0v) is 11.8. The quantitative estimate of drug-likeness (QED) is 0.308. The lowest BCUT2D eigenvalue weighted by molar-refractivity contribution is -0.305. The standard InChI is InChI=1S/C14H13F4NO4/c15-8-6(9(16)11(18)19-10(8)17)7-12(20)22-14(23-13(7)21)4-2-1-3-5-14/h12,19-20H,1-5H2. The number of carbonyl (C=O) groups is 1. The van der Waals surface area contributed by atoms with E-state index in [1.165, 1.54) is 5.32 Å². The maximum Gasteiger partial charge on any atom is 0.342 e. The minimum atomic E-state index is -2.06. The summed E-state index contributed by atoms with van der Waals surface area (Å²) < 4.78 is 64.4. The number of rotatable bonds is 0. The highest BCUT2D eigenvalue weighted by Crippen LogP contribution is 2.42. The Bertz CT molecular complexity index is 623. The number of hydrogen-bond donors (Lipinski definition) is 2. The average Bonchev–Trinajstić information content (AvgIpc) is 2.48. The molecule has 23 heavy (non-hydrogen) atoms. The van der Waals surface area contributed by atoms with Crippen molar-refractivity contribution in [2.24, 2.45) is 0 Å². The number of nitrogens with one attached hydrogen (secondary N) is 1. The largest absolute Gasteiger partial charge is 0.429 e. The predicted octanol–water partition coefficient (Wildman–Crippen LogP) is 2.65. The summed E-state index contributed by atoms with van der Waals surface area (Å²) in [7, 11) is 0. The van der Waals surface area contributed by atoms with Crippen molar-refractivity contribution in [1.29, 1.82) is 0 Å². The molecule has 0 amide bonds. The lowest BCUT2D eigenvalue weighted by Gasteiger charge is -2.42. The maximum atomic E-state index is 13.8. The van der Waals surface area contributed by atoms with E-state index < -0.39 is 52.7 Å². The van der Waals surface area contributed by atoms with Crippen molar-refractivity contribution < 1.29 is 36.9 Å². The van der Waals surface area contributed by atoms with Gasteiger partial charge in [0.2, 0.25) is 17.7 Å². The zero-order chi connectivity index (χ0) is 16.8. The van der Waals surface area contributed by atoms with Gasteiger partial charge in [0.15, 0.2) is 17.9 Å². The molecule has 0 aromatic carbocycles. The molecule has 0 bridgehead atoms.